The lowest BCUT2D eigenvalue weighted by Crippen LogP contribution is -2.20. The molecule has 1 aromatic rings. The van der Waals surface area contributed by atoms with Gasteiger partial charge in [0.15, 0.2) is 0 Å². The Bertz CT molecular complexity index is 439. The Balaban J connectivity index is 2.32. The van der Waals surface area contributed by atoms with Crippen molar-refractivity contribution in [2.75, 3.05) is 0 Å². The quantitative estimate of drug-likeness (QED) is 0.798. The number of hydrogen-bond acceptors (Lipinski definition) is 1. The Morgan fingerprint density at radius 2 is 1.79 bits per heavy atom. The van der Waals surface area contributed by atoms with Gasteiger partial charge in [-0.15, -0.1) is 0 Å². The van der Waals surface area contributed by atoms with Gasteiger partial charge in [-0.25, -0.2) is 0 Å². The Hall–Kier alpha value is -0.550. The Morgan fingerprint density at radius 1 is 1.16 bits per heavy atom. The summed E-state index contributed by atoms with van der Waals surface area (Å²) < 4.78 is 39.4. The highest BCUT2D eigenvalue weighted by molar-refractivity contribution is 9.10. The molecule has 2 rings (SSSR count). The van der Waals surface area contributed by atoms with E-state index in [2.05, 4.69) is 15.9 Å². The summed E-state index contributed by atoms with van der Waals surface area (Å²) in [6.45, 7) is 0. The lowest BCUT2D eigenvalue weighted by atomic mass is 9.81. The van der Waals surface area contributed by atoms with Crippen molar-refractivity contribution in [1.29, 1.82) is 0 Å². The van der Waals surface area contributed by atoms with E-state index in [1.54, 1.807) is 6.07 Å². The number of alkyl halides is 3. The zero-order valence-electron chi connectivity index (χ0n) is 10.4. The summed E-state index contributed by atoms with van der Waals surface area (Å²) in [5, 5.41) is 10.3. The molecule has 1 aliphatic carbocycles. The molecule has 0 spiro atoms. The van der Waals surface area contributed by atoms with E-state index in [1.807, 2.05) is 0 Å². The lowest BCUT2D eigenvalue weighted by molar-refractivity contribution is -0.139. The van der Waals surface area contributed by atoms with Crippen molar-refractivity contribution in [3.05, 3.63) is 33.8 Å². The smallest absolute Gasteiger partial charge is 0.388 e. The standard InChI is InChI=1S/C14H16BrF3O/c15-10-6-7-11(12(8-10)14(16,17)18)13(19)9-4-2-1-3-5-9/h6-9,13,19H,1-5H2. The zero-order valence-corrected chi connectivity index (χ0v) is 12.0. The topological polar surface area (TPSA) is 20.2 Å². The summed E-state index contributed by atoms with van der Waals surface area (Å²) >= 11 is 3.05. The van der Waals surface area contributed by atoms with Crippen LogP contribution < -0.4 is 0 Å². The van der Waals surface area contributed by atoms with Gasteiger partial charge in [-0.05, 0) is 36.5 Å². The van der Waals surface area contributed by atoms with Gasteiger partial charge < -0.3 is 5.11 Å². The second-order valence-corrected chi connectivity index (χ2v) is 5.99. The van der Waals surface area contributed by atoms with Crippen LogP contribution in [0.15, 0.2) is 22.7 Å². The molecule has 1 aliphatic rings. The van der Waals surface area contributed by atoms with Crippen molar-refractivity contribution in [2.45, 2.75) is 44.4 Å². The molecule has 0 bridgehead atoms. The largest absolute Gasteiger partial charge is 0.416 e. The molecule has 0 aliphatic heterocycles. The molecule has 1 fully saturated rings. The predicted molar refractivity (Wildman–Crippen MR) is 70.7 cm³/mol. The summed E-state index contributed by atoms with van der Waals surface area (Å²) in [5.74, 6) is -0.0592. The summed E-state index contributed by atoms with van der Waals surface area (Å²) in [7, 11) is 0. The van der Waals surface area contributed by atoms with Gasteiger partial charge in [0.25, 0.3) is 0 Å². The third kappa shape index (κ3) is 3.51. The van der Waals surface area contributed by atoms with Crippen LogP contribution in [0.3, 0.4) is 0 Å². The van der Waals surface area contributed by atoms with Crippen LogP contribution in [0.5, 0.6) is 0 Å². The monoisotopic (exact) mass is 336 g/mol. The van der Waals surface area contributed by atoms with Crippen LogP contribution in [0.1, 0.15) is 49.3 Å². The van der Waals surface area contributed by atoms with E-state index in [9.17, 15) is 18.3 Å². The molecule has 0 amide bonds. The van der Waals surface area contributed by atoms with Crippen LogP contribution in [0.2, 0.25) is 0 Å². The van der Waals surface area contributed by atoms with Gasteiger partial charge >= 0.3 is 6.18 Å². The molecular formula is C14H16BrF3O. The molecule has 1 nitrogen and oxygen atoms in total. The van der Waals surface area contributed by atoms with Gasteiger partial charge in [-0.3, -0.25) is 0 Å². The molecule has 19 heavy (non-hydrogen) atoms. The highest BCUT2D eigenvalue weighted by atomic mass is 79.9. The second-order valence-electron chi connectivity index (χ2n) is 5.07. The number of aliphatic hydroxyl groups is 1. The fourth-order valence-electron chi connectivity index (χ4n) is 2.74. The Kier molecular flexibility index (Phi) is 4.56. The van der Waals surface area contributed by atoms with Gasteiger partial charge in [0, 0.05) is 4.47 Å². The summed E-state index contributed by atoms with van der Waals surface area (Å²) in [6.07, 6.45) is -0.780. The van der Waals surface area contributed by atoms with Gasteiger partial charge in [-0.1, -0.05) is 41.3 Å². The maximum Gasteiger partial charge on any atom is 0.416 e. The molecule has 1 aromatic carbocycles. The Labute approximate surface area is 119 Å². The van der Waals surface area contributed by atoms with Crippen LogP contribution in [0.25, 0.3) is 0 Å². The fraction of sp³-hybridized carbons (Fsp3) is 0.571. The van der Waals surface area contributed by atoms with Crippen LogP contribution in [-0.4, -0.2) is 5.11 Å². The minimum Gasteiger partial charge on any atom is -0.388 e. The highest BCUT2D eigenvalue weighted by Gasteiger charge is 2.37. The maximum atomic E-state index is 13.0. The number of hydrogen-bond donors (Lipinski definition) is 1. The van der Waals surface area contributed by atoms with E-state index >= 15 is 0 Å². The van der Waals surface area contributed by atoms with Crippen LogP contribution in [0.4, 0.5) is 13.2 Å². The summed E-state index contributed by atoms with van der Waals surface area (Å²) in [6, 6.07) is 3.98. The van der Waals surface area contributed by atoms with E-state index in [-0.39, 0.29) is 11.5 Å². The minimum atomic E-state index is -4.44. The van der Waals surface area contributed by atoms with E-state index in [1.165, 1.54) is 6.07 Å². The number of benzene rings is 1. The fourth-order valence-corrected chi connectivity index (χ4v) is 3.10. The molecule has 0 saturated heterocycles. The zero-order chi connectivity index (χ0) is 14.0. The second kappa shape index (κ2) is 5.83. The average molecular weight is 337 g/mol. The minimum absolute atomic E-state index is 0.00241. The van der Waals surface area contributed by atoms with Crippen molar-refractivity contribution >= 4 is 15.9 Å². The molecule has 1 atom stereocenters. The van der Waals surface area contributed by atoms with Crippen molar-refractivity contribution in [3.63, 3.8) is 0 Å². The third-order valence-corrected chi connectivity index (χ3v) is 4.23. The molecule has 106 valence electrons. The van der Waals surface area contributed by atoms with Crippen molar-refractivity contribution in [2.24, 2.45) is 5.92 Å². The first-order chi connectivity index (χ1) is 8.89. The maximum absolute atomic E-state index is 13.0. The molecule has 0 radical (unpaired) electrons. The van der Waals surface area contributed by atoms with E-state index in [0.29, 0.717) is 4.47 Å². The number of aliphatic hydroxyl groups excluding tert-OH is 1. The first kappa shape index (κ1) is 14.9. The van der Waals surface area contributed by atoms with Crippen molar-refractivity contribution < 1.29 is 18.3 Å². The van der Waals surface area contributed by atoms with Crippen molar-refractivity contribution in [3.8, 4) is 0 Å². The third-order valence-electron chi connectivity index (χ3n) is 3.74. The van der Waals surface area contributed by atoms with Gasteiger partial charge in [0.2, 0.25) is 0 Å². The average Bonchev–Trinajstić information content (AvgIpc) is 2.38. The lowest BCUT2D eigenvalue weighted by Gasteiger charge is -2.28. The first-order valence-electron chi connectivity index (χ1n) is 6.44. The normalized spacial score (nSPS) is 19.4. The predicted octanol–water partition coefficient (Wildman–Crippen LogP) is 5.08. The van der Waals surface area contributed by atoms with Crippen molar-refractivity contribution in [1.82, 2.24) is 0 Å². The number of halogens is 4. The SMILES string of the molecule is OC(c1ccc(Br)cc1C(F)(F)F)C1CCCCC1. The molecular weight excluding hydrogens is 321 g/mol. The molecule has 1 unspecified atom stereocenters. The van der Waals surface area contributed by atoms with Crippen LogP contribution >= 0.6 is 15.9 Å². The van der Waals surface area contributed by atoms with E-state index < -0.39 is 17.8 Å². The van der Waals surface area contributed by atoms with Gasteiger partial charge in [0.1, 0.15) is 0 Å². The molecule has 0 heterocycles. The molecule has 0 aromatic heterocycles. The molecule has 1 N–H and O–H groups in total. The molecule has 5 heteroatoms. The summed E-state index contributed by atoms with van der Waals surface area (Å²) in [4.78, 5) is 0. The van der Waals surface area contributed by atoms with Gasteiger partial charge in [0.05, 0.1) is 11.7 Å². The van der Waals surface area contributed by atoms with Gasteiger partial charge in [-0.2, -0.15) is 13.2 Å². The van der Waals surface area contributed by atoms with E-state index in [0.717, 1.165) is 38.2 Å². The first-order valence-corrected chi connectivity index (χ1v) is 7.23. The number of rotatable bonds is 2. The van der Waals surface area contributed by atoms with Crippen LogP contribution in [0, 0.1) is 5.92 Å². The highest BCUT2D eigenvalue weighted by Crippen LogP contribution is 2.41. The Morgan fingerprint density at radius 3 is 2.37 bits per heavy atom. The summed E-state index contributed by atoms with van der Waals surface area (Å²) in [5.41, 5.74) is -0.734. The molecule has 1 saturated carbocycles. The van der Waals surface area contributed by atoms with Crippen LogP contribution in [-0.2, 0) is 6.18 Å². The van der Waals surface area contributed by atoms with E-state index in [4.69, 9.17) is 0 Å².